The average molecular weight is 324 g/mol. The molecule has 0 aliphatic carbocycles. The van der Waals surface area contributed by atoms with Crippen molar-refractivity contribution in [2.45, 2.75) is 20.4 Å². The summed E-state index contributed by atoms with van der Waals surface area (Å²) in [5.41, 5.74) is 9.08. The van der Waals surface area contributed by atoms with Crippen molar-refractivity contribution >= 4 is 40.3 Å². The predicted molar refractivity (Wildman–Crippen MR) is 80.4 cm³/mol. The van der Waals surface area contributed by atoms with Gasteiger partial charge in [0.2, 0.25) is 5.95 Å². The molecule has 7 nitrogen and oxygen atoms in total. The molecule has 3 aromatic rings. The lowest BCUT2D eigenvalue weighted by atomic mass is 10.1. The van der Waals surface area contributed by atoms with Crippen LogP contribution < -0.4 is 5.73 Å². The molecule has 0 fully saturated rings. The summed E-state index contributed by atoms with van der Waals surface area (Å²) in [7, 11) is 0. The van der Waals surface area contributed by atoms with Gasteiger partial charge < -0.3 is 5.73 Å². The summed E-state index contributed by atoms with van der Waals surface area (Å²) >= 11 is 12.2. The number of rotatable bonds is 2. The maximum Gasteiger partial charge on any atom is 0.223 e. The van der Waals surface area contributed by atoms with Crippen LogP contribution in [0.4, 0.5) is 5.95 Å². The molecule has 0 aliphatic rings. The minimum absolute atomic E-state index is 0.0719. The molecular formula is C12H11Cl2N7. The van der Waals surface area contributed by atoms with E-state index >= 15 is 0 Å². The monoisotopic (exact) mass is 323 g/mol. The summed E-state index contributed by atoms with van der Waals surface area (Å²) in [6.07, 6.45) is 1.72. The van der Waals surface area contributed by atoms with Crippen LogP contribution in [-0.2, 0) is 6.54 Å². The largest absolute Gasteiger partial charge is 0.368 e. The highest BCUT2D eigenvalue weighted by atomic mass is 35.5. The first-order valence-corrected chi connectivity index (χ1v) is 6.85. The van der Waals surface area contributed by atoms with E-state index in [2.05, 4.69) is 25.3 Å². The smallest absolute Gasteiger partial charge is 0.223 e. The van der Waals surface area contributed by atoms with E-state index in [0.29, 0.717) is 22.7 Å². The fraction of sp³-hybridized carbons (Fsp3) is 0.250. The van der Waals surface area contributed by atoms with Gasteiger partial charge in [-0.15, -0.1) is 5.10 Å². The Labute approximate surface area is 130 Å². The highest BCUT2D eigenvalue weighted by Crippen LogP contribution is 2.23. The molecule has 0 bridgehead atoms. The number of nitrogen functional groups attached to an aromatic ring is 1. The third-order valence-electron chi connectivity index (χ3n) is 3.16. The van der Waals surface area contributed by atoms with Crippen molar-refractivity contribution in [1.82, 2.24) is 29.9 Å². The van der Waals surface area contributed by atoms with E-state index in [0.717, 1.165) is 16.8 Å². The Morgan fingerprint density at radius 3 is 2.76 bits per heavy atom. The van der Waals surface area contributed by atoms with Crippen LogP contribution in [0.2, 0.25) is 10.2 Å². The van der Waals surface area contributed by atoms with Crippen LogP contribution in [0.1, 0.15) is 16.8 Å². The Bertz CT molecular complexity index is 843. The highest BCUT2D eigenvalue weighted by Gasteiger charge is 2.15. The summed E-state index contributed by atoms with van der Waals surface area (Å²) in [4.78, 5) is 12.4. The fourth-order valence-corrected chi connectivity index (χ4v) is 2.36. The minimum Gasteiger partial charge on any atom is -0.368 e. The van der Waals surface area contributed by atoms with Crippen LogP contribution in [0.5, 0.6) is 0 Å². The summed E-state index contributed by atoms with van der Waals surface area (Å²) in [6, 6.07) is 0. The van der Waals surface area contributed by atoms with Crippen LogP contribution in [0.15, 0.2) is 6.20 Å². The van der Waals surface area contributed by atoms with E-state index in [9.17, 15) is 0 Å². The third-order valence-corrected chi connectivity index (χ3v) is 4.00. The van der Waals surface area contributed by atoms with Crippen molar-refractivity contribution in [2.75, 3.05) is 5.73 Å². The van der Waals surface area contributed by atoms with Crippen LogP contribution >= 0.6 is 23.2 Å². The fourth-order valence-electron chi connectivity index (χ4n) is 2.00. The Hall–Kier alpha value is -1.99. The Morgan fingerprint density at radius 2 is 2.00 bits per heavy atom. The zero-order valence-electron chi connectivity index (χ0n) is 11.3. The lowest BCUT2D eigenvalue weighted by Crippen LogP contribution is -2.08. The molecule has 2 N–H and O–H groups in total. The third kappa shape index (κ3) is 2.38. The quantitative estimate of drug-likeness (QED) is 0.726. The van der Waals surface area contributed by atoms with Gasteiger partial charge in [0.15, 0.2) is 16.3 Å². The molecule has 0 atom stereocenters. The number of aryl methyl sites for hydroxylation is 1. The summed E-state index contributed by atoms with van der Waals surface area (Å²) in [5, 5.41) is 8.86. The normalized spacial score (nSPS) is 11.2. The number of pyridine rings is 1. The van der Waals surface area contributed by atoms with Crippen molar-refractivity contribution in [3.63, 3.8) is 0 Å². The highest BCUT2D eigenvalue weighted by molar-refractivity contribution is 6.33. The second kappa shape index (κ2) is 5.09. The van der Waals surface area contributed by atoms with Gasteiger partial charge in [-0.3, -0.25) is 4.98 Å². The van der Waals surface area contributed by atoms with Crippen molar-refractivity contribution in [1.29, 1.82) is 0 Å². The number of hydrogen-bond acceptors (Lipinski definition) is 6. The number of nitrogens with zero attached hydrogens (tertiary/aromatic N) is 6. The maximum absolute atomic E-state index is 6.24. The summed E-state index contributed by atoms with van der Waals surface area (Å²) < 4.78 is 1.57. The van der Waals surface area contributed by atoms with Crippen LogP contribution in [0, 0.1) is 13.8 Å². The van der Waals surface area contributed by atoms with E-state index < -0.39 is 0 Å². The number of hydrogen-bond donors (Lipinski definition) is 1. The lowest BCUT2D eigenvalue weighted by molar-refractivity contribution is 0.649. The molecule has 0 aliphatic heterocycles. The molecular weight excluding hydrogens is 313 g/mol. The van der Waals surface area contributed by atoms with Gasteiger partial charge in [-0.05, 0) is 25.0 Å². The summed E-state index contributed by atoms with van der Waals surface area (Å²) in [6.45, 7) is 4.19. The van der Waals surface area contributed by atoms with Gasteiger partial charge in [-0.1, -0.05) is 28.4 Å². The molecule has 0 saturated carbocycles. The molecule has 0 aromatic carbocycles. The SMILES string of the molecule is Cc1cnc(Cn2nnc3c(Cl)nc(N)nc32)c(C)c1Cl. The molecule has 108 valence electrons. The van der Waals surface area contributed by atoms with E-state index in [1.54, 1.807) is 10.9 Å². The Morgan fingerprint density at radius 1 is 1.24 bits per heavy atom. The van der Waals surface area contributed by atoms with Gasteiger partial charge in [0, 0.05) is 11.2 Å². The molecule has 0 radical (unpaired) electrons. The zero-order chi connectivity index (χ0) is 15.1. The molecule has 0 unspecified atom stereocenters. The van der Waals surface area contributed by atoms with Gasteiger partial charge in [0.1, 0.15) is 0 Å². The Kier molecular flexibility index (Phi) is 3.38. The topological polar surface area (TPSA) is 95.4 Å². The molecule has 0 amide bonds. The van der Waals surface area contributed by atoms with Crippen molar-refractivity contribution in [2.24, 2.45) is 0 Å². The molecule has 3 aromatic heterocycles. The number of fused-ring (bicyclic) bond motifs is 1. The first-order valence-electron chi connectivity index (χ1n) is 6.10. The number of halogens is 2. The molecule has 3 heterocycles. The van der Waals surface area contributed by atoms with Gasteiger partial charge in [-0.2, -0.15) is 9.97 Å². The first kappa shape index (κ1) is 14.0. The van der Waals surface area contributed by atoms with Crippen molar-refractivity contribution < 1.29 is 0 Å². The predicted octanol–water partition coefficient (Wildman–Crippen LogP) is 2.17. The second-order valence-electron chi connectivity index (χ2n) is 4.62. The van der Waals surface area contributed by atoms with Gasteiger partial charge in [0.25, 0.3) is 0 Å². The van der Waals surface area contributed by atoms with E-state index in [4.69, 9.17) is 28.9 Å². The van der Waals surface area contributed by atoms with E-state index in [1.807, 2.05) is 13.8 Å². The summed E-state index contributed by atoms with van der Waals surface area (Å²) in [5.74, 6) is 0.0719. The van der Waals surface area contributed by atoms with Crippen molar-refractivity contribution in [3.8, 4) is 0 Å². The van der Waals surface area contributed by atoms with Gasteiger partial charge in [0.05, 0.1) is 12.2 Å². The molecule has 9 heteroatoms. The van der Waals surface area contributed by atoms with E-state index in [-0.39, 0.29) is 11.1 Å². The van der Waals surface area contributed by atoms with Gasteiger partial charge in [-0.25, -0.2) is 4.68 Å². The lowest BCUT2D eigenvalue weighted by Gasteiger charge is -2.08. The molecule has 3 rings (SSSR count). The molecule has 0 spiro atoms. The number of nitrogens with two attached hydrogens (primary N) is 1. The van der Waals surface area contributed by atoms with Crippen molar-refractivity contribution in [3.05, 3.63) is 33.2 Å². The zero-order valence-corrected chi connectivity index (χ0v) is 12.8. The first-order chi connectivity index (χ1) is 9.97. The second-order valence-corrected chi connectivity index (χ2v) is 5.35. The standard InChI is InChI=1S/C12H11Cl2N7/c1-5-3-16-7(6(2)8(5)13)4-21-11-9(19-20-21)10(14)17-12(15)18-11/h3H,4H2,1-2H3,(H2,15,17,18). The minimum atomic E-state index is 0.0719. The van der Waals surface area contributed by atoms with Gasteiger partial charge >= 0.3 is 0 Å². The maximum atomic E-state index is 6.24. The number of aromatic nitrogens is 6. The van der Waals surface area contributed by atoms with E-state index in [1.165, 1.54) is 0 Å². The van der Waals surface area contributed by atoms with Crippen LogP contribution in [-0.4, -0.2) is 29.9 Å². The van der Waals surface area contributed by atoms with Crippen LogP contribution in [0.25, 0.3) is 11.2 Å². The van der Waals surface area contributed by atoms with Crippen LogP contribution in [0.3, 0.4) is 0 Å². The number of anilines is 1. The molecule has 21 heavy (non-hydrogen) atoms. The average Bonchev–Trinajstić information content (AvgIpc) is 2.83. The molecule has 0 saturated heterocycles. The Balaban J connectivity index is 2.09.